The largest absolute Gasteiger partial charge is 0.456 e. The van der Waals surface area contributed by atoms with Gasteiger partial charge in [-0.05, 0) is 153 Å². The molecule has 21 aromatic carbocycles. The molecule has 12 heteroatoms. The van der Waals surface area contributed by atoms with Crippen LogP contribution in [0.1, 0.15) is 98.9 Å². The average molecular weight is 1900 g/mol. The number of benzene rings is 21. The van der Waals surface area contributed by atoms with Crippen molar-refractivity contribution in [1.82, 2.24) is 44.9 Å². The van der Waals surface area contributed by atoms with E-state index in [0.29, 0.717) is 62.2 Å². The van der Waals surface area contributed by atoms with Gasteiger partial charge in [-0.1, -0.05) is 450 Å². The van der Waals surface area contributed by atoms with E-state index in [9.17, 15) is 11.0 Å². The predicted molar refractivity (Wildman–Crippen MR) is 588 cm³/mol. The molecule has 0 saturated heterocycles. The van der Waals surface area contributed by atoms with Crippen LogP contribution in [-0.2, 0) is 5.41 Å². The summed E-state index contributed by atoms with van der Waals surface area (Å²) in [4.78, 5) is 41.6. The van der Waals surface area contributed by atoms with Gasteiger partial charge in [0.2, 0.25) is 0 Å². The topological polar surface area (TPSA) is 155 Å². The first kappa shape index (κ1) is 46.1. The number of nitrogens with zero attached hydrogens (tertiary/aromatic N) is 9. The first-order valence-electron chi connectivity index (χ1n) is 71.0. The Labute approximate surface area is 905 Å². The van der Waals surface area contributed by atoms with Crippen LogP contribution in [0.3, 0.4) is 0 Å². The Kier molecular flexibility index (Phi) is 11.5. The van der Waals surface area contributed by atoms with Gasteiger partial charge in [0.05, 0.1) is 65.8 Å². The molecule has 0 fully saturated rings. The third-order valence-electron chi connectivity index (χ3n) is 23.8. The van der Waals surface area contributed by atoms with Crippen LogP contribution in [0.15, 0.2) is 491 Å². The van der Waals surface area contributed by atoms with E-state index in [1.54, 1.807) is 72.8 Å². The summed E-state index contributed by atoms with van der Waals surface area (Å²) in [6.07, 6.45) is 0. The van der Waals surface area contributed by atoms with Crippen molar-refractivity contribution in [3.63, 3.8) is 0 Å². The molecule has 0 N–H and O–H groups in total. The van der Waals surface area contributed by atoms with Crippen molar-refractivity contribution >= 4 is 98.1 Å². The van der Waals surface area contributed by atoms with Crippen LogP contribution in [0.4, 0.5) is 0 Å². The molecule has 0 unspecified atom stereocenters. The van der Waals surface area contributed by atoms with E-state index < -0.39 is 385 Å². The fraction of sp³-hybridized carbons (Fsp3) is 0.0227. The Hall–Kier alpha value is -19.2. The standard InChI is InChI=1S/C46H31N3O.2C43H27N3O/c1-46(2)37-17-9-8-15-35(37)36-25-23-32(27-38(36)46)45-48-43(30-12-4-3-5-13-30)47-44(49-45)31-21-19-29(20-22-31)34-16-10-18-39-41(34)42-33-14-7-6-11-28(33)24-26-40(42)50-39;2*1-3-10-28(11-4-1)29-18-22-33(23-19-29)42-44-41(32-13-5-2-6-14-32)45-43(46-42)34-24-20-31(21-25-34)36-16-9-17-37-39(36)40-35-15-8-7-12-30(35)26-27-38(40)47-37/h3-27H,1-2H3;2*1-27H/i1D3,2D3,3D,4D,5D,6D,7D,8D,9D,10D,11D,12D,13D,14D,15D,16D,17D,18D,19D,20D,21D,22D,23D,24D,25D,26D,27D;1D,3D,4D,7D,8D,9D,10D,11D,12D,15D,16D,17D,26D,27D;7D,8D,9D,12D,15D,16D,17D,26D,27D. The van der Waals surface area contributed by atoms with Crippen LogP contribution in [-0.4, -0.2) is 44.9 Å². The van der Waals surface area contributed by atoms with Gasteiger partial charge in [0, 0.05) is 96.0 Å². The maximum atomic E-state index is 9.70. The molecule has 0 aliphatic heterocycles. The van der Waals surface area contributed by atoms with E-state index in [1.165, 1.54) is 0 Å². The van der Waals surface area contributed by atoms with Crippen molar-refractivity contribution in [2.24, 2.45) is 0 Å². The molecule has 144 heavy (non-hydrogen) atoms. The molecule has 0 spiro atoms. The van der Waals surface area contributed by atoms with E-state index in [-0.39, 0.29) is 118 Å². The number of fused-ring (bicyclic) bond motifs is 18. The van der Waals surface area contributed by atoms with Gasteiger partial charge in [0.25, 0.3) is 0 Å². The van der Waals surface area contributed by atoms with Crippen LogP contribution in [0.5, 0.6) is 0 Å². The molecule has 0 radical (unpaired) electrons. The SMILES string of the molecule is [2H]c1c([2H])c(-c2ccc(-c3nc(-c4ccccc4)nc(-c4ccc(-c5ccccc5)cc4)n3)cc2)c2c(oc3c([2H])c([2H])c4c([2H])c([2H])c([2H])c([2H])c4c32)c1[2H].[2H]c1c([2H])c([2H])c(-c2ccc(-c3nc(-c4ccccc4)nc(-c4ccc(-c5c([2H])c([2H])c([2H])c6oc7c([2H])c([2H])c8c([2H])c([2H])c([2H])c([2H])c8c7c56)cc4)n3)cc2)c([2H])c1[2H].[2H]c1c([2H])c([2H])c(-c2nc(-c3c([2H])c([2H])c(-c4c([2H])c([2H])c([2H])c5oc6c([2H])c([2H])c7c([2H])c([2H])c([2H])c([2H])c7c6c45)c([2H])c3[2H])nc(-c3c([2H])c([2H])c4c(c3[2H])C(C([2H])([2H])[2H])(C([2H])([2H])[2H])c3c([2H])c([2H])c([2H])c([2H])c3-4)n2)c([2H])c1[2H]. The summed E-state index contributed by atoms with van der Waals surface area (Å²) in [5, 5.41) is -2.08. The quantitative estimate of drug-likeness (QED) is 0.102. The molecule has 6 aromatic heterocycles. The fourth-order valence-electron chi connectivity index (χ4n) is 17.1. The van der Waals surface area contributed by atoms with Crippen LogP contribution < -0.4 is 0 Å². The maximum absolute atomic E-state index is 9.70. The first-order chi connectivity index (χ1) is 93.6. The lowest BCUT2D eigenvalue weighted by atomic mass is 9.82. The van der Waals surface area contributed by atoms with E-state index in [4.69, 9.17) is 106 Å². The zero-order valence-corrected chi connectivity index (χ0v) is 73.6. The summed E-state index contributed by atoms with van der Waals surface area (Å²) in [6.45, 7) is -7.75. The first-order valence-corrected chi connectivity index (χ1v) is 44.0. The highest BCUT2D eigenvalue weighted by Gasteiger charge is 2.36. The van der Waals surface area contributed by atoms with Gasteiger partial charge in [-0.15, -0.1) is 0 Å². The Morgan fingerprint density at radius 3 is 0.854 bits per heavy atom. The molecular formula is C132H85N9O3. The third kappa shape index (κ3) is 15.7. The molecule has 6 heterocycles. The average Bonchev–Trinajstić information content (AvgIpc) is 1.49. The highest BCUT2D eigenvalue weighted by molar-refractivity contribution is 6.25. The zero-order valence-electron chi connectivity index (χ0n) is 128. The number of hydrogen-bond donors (Lipinski definition) is 0. The van der Waals surface area contributed by atoms with Crippen molar-refractivity contribution in [1.29, 1.82) is 0 Å². The smallest absolute Gasteiger partial charge is 0.164 e. The van der Waals surface area contributed by atoms with E-state index >= 15 is 0 Å². The second-order valence-electron chi connectivity index (χ2n) is 32.4. The highest BCUT2D eigenvalue weighted by Crippen LogP contribution is 2.51. The monoisotopic (exact) mass is 1900 g/mol. The Bertz CT molecular complexity index is 13000. The normalized spacial score (nSPS) is 17.5. The number of rotatable bonds is 14. The van der Waals surface area contributed by atoms with Gasteiger partial charge in [-0.3, -0.25) is 0 Å². The van der Waals surface area contributed by atoms with E-state index in [2.05, 4.69) is 15.0 Å². The molecule has 28 rings (SSSR count). The molecule has 0 bridgehead atoms. The number of furan rings is 3. The maximum Gasteiger partial charge on any atom is 0.164 e. The summed E-state index contributed by atoms with van der Waals surface area (Å²) in [7, 11) is 0. The summed E-state index contributed by atoms with van der Waals surface area (Å²) in [5.74, 6) is -0.875. The molecule has 27 aromatic rings. The number of aromatic nitrogens is 9. The van der Waals surface area contributed by atoms with Crippen molar-refractivity contribution in [2.75, 3.05) is 0 Å². The van der Waals surface area contributed by atoms with Crippen LogP contribution in [0, 0.1) is 0 Å². The minimum Gasteiger partial charge on any atom is -0.456 e. The van der Waals surface area contributed by atoms with Crippen LogP contribution in [0.2, 0.25) is 0 Å². The van der Waals surface area contributed by atoms with Gasteiger partial charge in [0.1, 0.15) is 33.5 Å². The van der Waals surface area contributed by atoms with E-state index in [0.717, 1.165) is 22.3 Å². The summed E-state index contributed by atoms with van der Waals surface area (Å²) in [6, 6.07) is 22.1. The lowest BCUT2D eigenvalue weighted by Gasteiger charge is -2.21. The lowest BCUT2D eigenvalue weighted by Crippen LogP contribution is -2.15. The van der Waals surface area contributed by atoms with Crippen molar-refractivity contribution < 1.29 is 87.3 Å². The second kappa shape index (κ2) is 36.0. The molecular weight excluding hydrogens is 1760 g/mol. The van der Waals surface area contributed by atoms with Crippen LogP contribution in [0.25, 0.3) is 267 Å². The highest BCUT2D eigenvalue weighted by atomic mass is 16.3. The van der Waals surface area contributed by atoms with Crippen molar-refractivity contribution in [3.05, 3.63) is 489 Å². The fourth-order valence-corrected chi connectivity index (χ4v) is 17.1. The molecule has 0 atom stereocenters. The van der Waals surface area contributed by atoms with Gasteiger partial charge < -0.3 is 13.3 Å². The van der Waals surface area contributed by atoms with Crippen molar-refractivity contribution in [2.45, 2.75) is 19.1 Å². The molecule has 1 aliphatic rings. The van der Waals surface area contributed by atoms with Gasteiger partial charge in [-0.2, -0.15) is 0 Å². The minimum absolute atomic E-state index is 0.0336. The van der Waals surface area contributed by atoms with E-state index in [1.807, 2.05) is 115 Å². The van der Waals surface area contributed by atoms with Crippen LogP contribution >= 0.6 is 0 Å². The molecule has 0 amide bonds. The minimum atomic E-state index is -3.88. The number of hydrogen-bond acceptors (Lipinski definition) is 12. The summed E-state index contributed by atoms with van der Waals surface area (Å²) < 4.78 is 490. The predicted octanol–water partition coefficient (Wildman–Crippen LogP) is 34.4. The second-order valence-corrected chi connectivity index (χ2v) is 32.4. The Morgan fingerprint density at radius 1 is 0.181 bits per heavy atom. The lowest BCUT2D eigenvalue weighted by molar-refractivity contribution is 0.660. The van der Waals surface area contributed by atoms with Gasteiger partial charge >= 0.3 is 0 Å². The third-order valence-corrected chi connectivity index (χ3v) is 23.8. The molecule has 12 nitrogen and oxygen atoms in total. The summed E-state index contributed by atoms with van der Waals surface area (Å²) in [5.41, 5.74) is -6.06. The zero-order chi connectivity index (χ0) is 142. The van der Waals surface area contributed by atoms with Gasteiger partial charge in [0.15, 0.2) is 52.4 Å². The summed E-state index contributed by atoms with van der Waals surface area (Å²) >= 11 is 0. The molecule has 1 aliphatic carbocycles. The van der Waals surface area contributed by atoms with Gasteiger partial charge in [-0.25, -0.2) is 44.9 Å². The molecule has 676 valence electrons. The molecule has 0 saturated carbocycles. The Balaban J connectivity index is 0.000000142. The Morgan fingerprint density at radius 2 is 0.451 bits per heavy atom. The van der Waals surface area contributed by atoms with Crippen molar-refractivity contribution in [3.8, 4) is 169 Å².